The van der Waals surface area contributed by atoms with Crippen molar-refractivity contribution in [2.45, 2.75) is 19.4 Å². The van der Waals surface area contributed by atoms with E-state index in [2.05, 4.69) is 46.4 Å². The van der Waals surface area contributed by atoms with Crippen LogP contribution >= 0.6 is 15.9 Å². The van der Waals surface area contributed by atoms with Crippen molar-refractivity contribution in [1.82, 2.24) is 5.32 Å². The fourth-order valence-corrected chi connectivity index (χ4v) is 2.36. The Morgan fingerprint density at radius 2 is 2.40 bits per heavy atom. The van der Waals surface area contributed by atoms with Crippen molar-refractivity contribution < 1.29 is 4.74 Å². The molecule has 0 amide bonds. The molecule has 0 radical (unpaired) electrons. The number of hydrogen-bond donors (Lipinski definition) is 1. The molecule has 1 fully saturated rings. The van der Waals surface area contributed by atoms with Crippen molar-refractivity contribution in [3.05, 3.63) is 33.8 Å². The van der Waals surface area contributed by atoms with Gasteiger partial charge in [0, 0.05) is 11.0 Å². The monoisotopic (exact) mass is 269 g/mol. The summed E-state index contributed by atoms with van der Waals surface area (Å²) in [6, 6.07) is 6.85. The second-order valence-corrected chi connectivity index (χ2v) is 4.69. The van der Waals surface area contributed by atoms with Gasteiger partial charge in [-0.3, -0.25) is 0 Å². The molecule has 2 rings (SSSR count). The van der Waals surface area contributed by atoms with E-state index in [0.717, 1.165) is 30.7 Å². The minimum Gasteiger partial charge on any atom is -0.378 e. The van der Waals surface area contributed by atoms with Crippen LogP contribution in [0.4, 0.5) is 0 Å². The Hall–Kier alpha value is -0.380. The molecular formula is C12H16BrNO. The third-order valence-corrected chi connectivity index (χ3v) is 3.28. The molecule has 1 atom stereocenters. The average Bonchev–Trinajstić information content (AvgIpc) is 2.30. The first-order valence-electron chi connectivity index (χ1n) is 5.40. The zero-order valence-corrected chi connectivity index (χ0v) is 10.5. The number of ether oxygens (including phenoxy) is 1. The largest absolute Gasteiger partial charge is 0.378 e. The molecule has 1 aliphatic heterocycles. The highest BCUT2D eigenvalue weighted by Crippen LogP contribution is 2.24. The van der Waals surface area contributed by atoms with Crippen LogP contribution in [0.2, 0.25) is 0 Å². The van der Waals surface area contributed by atoms with Gasteiger partial charge < -0.3 is 10.1 Å². The summed E-state index contributed by atoms with van der Waals surface area (Å²) >= 11 is 3.52. The summed E-state index contributed by atoms with van der Waals surface area (Å²) in [7, 11) is 0. The van der Waals surface area contributed by atoms with Gasteiger partial charge in [0.25, 0.3) is 0 Å². The van der Waals surface area contributed by atoms with E-state index < -0.39 is 0 Å². The van der Waals surface area contributed by atoms with Gasteiger partial charge in [0.2, 0.25) is 0 Å². The summed E-state index contributed by atoms with van der Waals surface area (Å²) < 4.78 is 6.64. The van der Waals surface area contributed by atoms with Gasteiger partial charge in [-0.05, 0) is 29.7 Å². The molecule has 0 aliphatic carbocycles. The van der Waals surface area contributed by atoms with Crippen LogP contribution in [0.5, 0.6) is 0 Å². The minimum absolute atomic E-state index is 0.353. The van der Waals surface area contributed by atoms with E-state index >= 15 is 0 Å². The zero-order valence-electron chi connectivity index (χ0n) is 8.92. The number of halogens is 1. The van der Waals surface area contributed by atoms with Gasteiger partial charge in [-0.1, -0.05) is 28.9 Å². The normalized spacial score (nSPS) is 21.6. The predicted octanol–water partition coefficient (Wildman–Crippen LogP) is 2.67. The maximum atomic E-state index is 5.50. The molecular weight excluding hydrogens is 254 g/mol. The van der Waals surface area contributed by atoms with Crippen molar-refractivity contribution in [3.63, 3.8) is 0 Å². The van der Waals surface area contributed by atoms with Crippen LogP contribution in [0.3, 0.4) is 0 Å². The van der Waals surface area contributed by atoms with E-state index in [4.69, 9.17) is 4.74 Å². The van der Waals surface area contributed by atoms with Gasteiger partial charge in [-0.25, -0.2) is 0 Å². The van der Waals surface area contributed by atoms with Gasteiger partial charge in [0.15, 0.2) is 0 Å². The number of morpholine rings is 1. The Balaban J connectivity index is 2.27. The van der Waals surface area contributed by atoms with Crippen LogP contribution < -0.4 is 5.32 Å². The van der Waals surface area contributed by atoms with Crippen molar-refractivity contribution in [1.29, 1.82) is 0 Å². The first-order chi connectivity index (χ1) is 7.31. The smallest absolute Gasteiger partial charge is 0.0662 e. The molecule has 0 spiro atoms. The molecule has 1 aliphatic rings. The third-order valence-electron chi connectivity index (χ3n) is 2.79. The summed E-state index contributed by atoms with van der Waals surface area (Å²) in [6.07, 6.45) is 1.07. The second-order valence-electron chi connectivity index (χ2n) is 3.78. The fourth-order valence-electron chi connectivity index (χ4n) is 1.98. The van der Waals surface area contributed by atoms with Gasteiger partial charge in [-0.15, -0.1) is 0 Å². The van der Waals surface area contributed by atoms with Crippen molar-refractivity contribution in [2.75, 3.05) is 19.8 Å². The van der Waals surface area contributed by atoms with E-state index in [1.807, 2.05) is 0 Å². The Kier molecular flexibility index (Phi) is 3.78. The molecule has 15 heavy (non-hydrogen) atoms. The van der Waals surface area contributed by atoms with Crippen LogP contribution in [-0.4, -0.2) is 19.8 Å². The Morgan fingerprint density at radius 3 is 3.07 bits per heavy atom. The highest BCUT2D eigenvalue weighted by molar-refractivity contribution is 9.10. The molecule has 1 N–H and O–H groups in total. The second kappa shape index (κ2) is 5.10. The quantitative estimate of drug-likeness (QED) is 0.892. The molecule has 3 heteroatoms. The van der Waals surface area contributed by atoms with Crippen LogP contribution in [0.15, 0.2) is 22.7 Å². The number of hydrogen-bond acceptors (Lipinski definition) is 2. The molecule has 1 heterocycles. The SMILES string of the molecule is CCc1ccc(Br)cc1C1COCCN1. The molecule has 1 aromatic carbocycles. The summed E-state index contributed by atoms with van der Waals surface area (Å²) in [5.74, 6) is 0. The molecule has 1 saturated heterocycles. The number of rotatable bonds is 2. The highest BCUT2D eigenvalue weighted by atomic mass is 79.9. The summed E-state index contributed by atoms with van der Waals surface area (Å²) in [5, 5.41) is 3.49. The number of aryl methyl sites for hydroxylation is 1. The Bertz CT molecular complexity index is 334. The molecule has 82 valence electrons. The van der Waals surface area contributed by atoms with E-state index in [0.29, 0.717) is 6.04 Å². The lowest BCUT2D eigenvalue weighted by Crippen LogP contribution is -2.35. The van der Waals surface area contributed by atoms with Gasteiger partial charge in [-0.2, -0.15) is 0 Å². The Labute approximate surface area is 99.1 Å². The minimum atomic E-state index is 0.353. The van der Waals surface area contributed by atoms with Gasteiger partial charge in [0.05, 0.1) is 19.3 Å². The summed E-state index contributed by atoms with van der Waals surface area (Å²) in [5.41, 5.74) is 2.77. The number of benzene rings is 1. The highest BCUT2D eigenvalue weighted by Gasteiger charge is 2.17. The lowest BCUT2D eigenvalue weighted by Gasteiger charge is -2.26. The van der Waals surface area contributed by atoms with Crippen molar-refractivity contribution in [3.8, 4) is 0 Å². The maximum Gasteiger partial charge on any atom is 0.0662 e. The summed E-state index contributed by atoms with van der Waals surface area (Å²) in [6.45, 7) is 4.74. The molecule has 1 aromatic rings. The van der Waals surface area contributed by atoms with Gasteiger partial charge in [0.1, 0.15) is 0 Å². The van der Waals surface area contributed by atoms with E-state index in [1.165, 1.54) is 11.1 Å². The number of nitrogens with one attached hydrogen (secondary N) is 1. The Morgan fingerprint density at radius 1 is 1.53 bits per heavy atom. The van der Waals surface area contributed by atoms with Crippen molar-refractivity contribution >= 4 is 15.9 Å². The zero-order chi connectivity index (χ0) is 10.7. The van der Waals surface area contributed by atoms with Crippen molar-refractivity contribution in [2.24, 2.45) is 0 Å². The lowest BCUT2D eigenvalue weighted by molar-refractivity contribution is 0.0766. The first-order valence-corrected chi connectivity index (χ1v) is 6.20. The van der Waals surface area contributed by atoms with Gasteiger partial charge >= 0.3 is 0 Å². The molecule has 0 bridgehead atoms. The van der Waals surface area contributed by atoms with E-state index in [1.54, 1.807) is 0 Å². The van der Waals surface area contributed by atoms with E-state index in [-0.39, 0.29) is 0 Å². The molecule has 2 nitrogen and oxygen atoms in total. The van der Waals surface area contributed by atoms with E-state index in [9.17, 15) is 0 Å². The molecule has 0 saturated carbocycles. The maximum absolute atomic E-state index is 5.50. The van der Waals surface area contributed by atoms with Crippen LogP contribution in [-0.2, 0) is 11.2 Å². The summed E-state index contributed by atoms with van der Waals surface area (Å²) in [4.78, 5) is 0. The van der Waals surface area contributed by atoms with Crippen LogP contribution in [0.25, 0.3) is 0 Å². The standard InChI is InChI=1S/C12H16BrNO/c1-2-9-3-4-10(13)7-11(9)12-8-15-6-5-14-12/h3-4,7,12,14H,2,5-6,8H2,1H3. The first kappa shape index (κ1) is 11.1. The predicted molar refractivity (Wildman–Crippen MR) is 65.1 cm³/mol. The fraction of sp³-hybridized carbons (Fsp3) is 0.500. The molecule has 1 unspecified atom stereocenters. The third kappa shape index (κ3) is 2.60. The molecule has 0 aromatic heterocycles. The average molecular weight is 270 g/mol. The van der Waals surface area contributed by atoms with Crippen LogP contribution in [0.1, 0.15) is 24.1 Å². The van der Waals surface area contributed by atoms with Crippen LogP contribution in [0, 0.1) is 0 Å². The lowest BCUT2D eigenvalue weighted by atomic mass is 9.98. The topological polar surface area (TPSA) is 21.3 Å².